The SMILES string of the molecule is CC(C)N1CCC(N2CCn3c(c(C4CCCCC4)c4sc(C(=O)O)cc43)-c3ccccc3C2)C1. The minimum absolute atomic E-state index is 0.470. The Hall–Kier alpha value is -2.15. The van der Waals surface area contributed by atoms with E-state index < -0.39 is 5.97 Å². The van der Waals surface area contributed by atoms with Crippen molar-refractivity contribution in [2.75, 3.05) is 19.6 Å². The summed E-state index contributed by atoms with van der Waals surface area (Å²) in [6.45, 7) is 9.84. The number of likely N-dealkylation sites (tertiary alicyclic amines) is 1. The molecule has 3 aliphatic rings. The molecule has 1 saturated heterocycles. The maximum absolute atomic E-state index is 11.9. The second kappa shape index (κ2) is 9.38. The summed E-state index contributed by atoms with van der Waals surface area (Å²) in [6, 6.07) is 12.1. The van der Waals surface area contributed by atoms with Crippen LogP contribution < -0.4 is 0 Å². The first-order valence-corrected chi connectivity index (χ1v) is 14.3. The van der Waals surface area contributed by atoms with E-state index in [1.54, 1.807) is 0 Å². The highest BCUT2D eigenvalue weighted by Gasteiger charge is 2.34. The fraction of sp³-hybridized carbons (Fsp3) is 0.552. The van der Waals surface area contributed by atoms with Gasteiger partial charge in [0.1, 0.15) is 4.88 Å². The molecule has 2 fully saturated rings. The number of thiophene rings is 1. The fourth-order valence-electron chi connectivity index (χ4n) is 6.81. The van der Waals surface area contributed by atoms with Crippen LogP contribution in [-0.2, 0) is 13.1 Å². The monoisotopic (exact) mass is 491 g/mol. The molecule has 6 heteroatoms. The van der Waals surface area contributed by atoms with Gasteiger partial charge in [-0.05, 0) is 56.2 Å². The largest absolute Gasteiger partial charge is 0.477 e. The number of carboxylic acids is 1. The van der Waals surface area contributed by atoms with E-state index in [4.69, 9.17) is 0 Å². The van der Waals surface area contributed by atoms with Crippen LogP contribution in [-0.4, -0.2) is 57.2 Å². The van der Waals surface area contributed by atoms with Gasteiger partial charge < -0.3 is 9.67 Å². The van der Waals surface area contributed by atoms with Crippen molar-refractivity contribution in [2.24, 2.45) is 0 Å². The number of fused-ring (bicyclic) bond motifs is 5. The summed E-state index contributed by atoms with van der Waals surface area (Å²) in [5.41, 5.74) is 6.72. The lowest BCUT2D eigenvalue weighted by atomic mass is 9.82. The van der Waals surface area contributed by atoms with E-state index in [-0.39, 0.29) is 0 Å². The molecule has 0 radical (unpaired) electrons. The average molecular weight is 492 g/mol. The van der Waals surface area contributed by atoms with Gasteiger partial charge in [-0.2, -0.15) is 0 Å². The number of hydrogen-bond donors (Lipinski definition) is 1. The van der Waals surface area contributed by atoms with Crippen LogP contribution in [0.5, 0.6) is 0 Å². The van der Waals surface area contributed by atoms with Gasteiger partial charge in [0.15, 0.2) is 0 Å². The number of nitrogens with zero attached hydrogens (tertiary/aromatic N) is 3. The van der Waals surface area contributed by atoms with Crippen molar-refractivity contribution < 1.29 is 9.90 Å². The normalized spacial score (nSPS) is 22.3. The van der Waals surface area contributed by atoms with E-state index in [0.29, 0.717) is 22.9 Å². The number of rotatable bonds is 4. The Morgan fingerprint density at radius 3 is 2.60 bits per heavy atom. The number of carbonyl (C=O) groups is 1. The van der Waals surface area contributed by atoms with Crippen molar-refractivity contribution in [1.82, 2.24) is 14.4 Å². The van der Waals surface area contributed by atoms with E-state index in [2.05, 4.69) is 52.5 Å². The summed E-state index contributed by atoms with van der Waals surface area (Å²) in [4.78, 5) is 17.7. The minimum Gasteiger partial charge on any atom is -0.477 e. The second-order valence-electron chi connectivity index (χ2n) is 11.0. The van der Waals surface area contributed by atoms with Crippen molar-refractivity contribution >= 4 is 27.5 Å². The molecule has 4 heterocycles. The lowest BCUT2D eigenvalue weighted by molar-refractivity contribution is 0.0702. The molecule has 1 unspecified atom stereocenters. The lowest BCUT2D eigenvalue weighted by Gasteiger charge is -2.33. The molecule has 3 aromatic rings. The maximum atomic E-state index is 11.9. The van der Waals surface area contributed by atoms with Gasteiger partial charge in [-0.15, -0.1) is 11.3 Å². The van der Waals surface area contributed by atoms with Crippen molar-refractivity contribution in [1.29, 1.82) is 0 Å². The predicted molar refractivity (Wildman–Crippen MR) is 144 cm³/mol. The van der Waals surface area contributed by atoms with Crippen LogP contribution in [0, 0.1) is 0 Å². The topological polar surface area (TPSA) is 48.7 Å². The average Bonchev–Trinajstić information content (AvgIpc) is 3.56. The fourth-order valence-corrected chi connectivity index (χ4v) is 7.93. The van der Waals surface area contributed by atoms with Gasteiger partial charge in [0.05, 0.1) is 15.9 Å². The molecular formula is C29H37N3O2S. The van der Waals surface area contributed by atoms with Gasteiger partial charge in [0.2, 0.25) is 0 Å². The number of hydrogen-bond acceptors (Lipinski definition) is 4. The van der Waals surface area contributed by atoms with Crippen molar-refractivity contribution in [3.63, 3.8) is 0 Å². The third-order valence-corrected chi connectivity index (χ3v) is 9.84. The van der Waals surface area contributed by atoms with Crippen LogP contribution in [0.2, 0.25) is 0 Å². The third kappa shape index (κ3) is 4.13. The molecule has 1 saturated carbocycles. The summed E-state index contributed by atoms with van der Waals surface area (Å²) in [6.07, 6.45) is 7.53. The zero-order valence-electron chi connectivity index (χ0n) is 21.0. The molecule has 1 aromatic carbocycles. The van der Waals surface area contributed by atoms with E-state index in [9.17, 15) is 9.90 Å². The summed E-state index contributed by atoms with van der Waals surface area (Å²) in [7, 11) is 0. The van der Waals surface area contributed by atoms with Crippen molar-refractivity contribution in [3.05, 3.63) is 46.3 Å². The smallest absolute Gasteiger partial charge is 0.345 e. The zero-order chi connectivity index (χ0) is 24.1. The van der Waals surface area contributed by atoms with Crippen LogP contribution in [0.15, 0.2) is 30.3 Å². The van der Waals surface area contributed by atoms with Gasteiger partial charge in [0, 0.05) is 50.4 Å². The number of carboxylic acid groups (broad SMARTS) is 1. The Morgan fingerprint density at radius 2 is 1.86 bits per heavy atom. The lowest BCUT2D eigenvalue weighted by Crippen LogP contribution is -2.41. The van der Waals surface area contributed by atoms with Gasteiger partial charge in [0.25, 0.3) is 0 Å². The van der Waals surface area contributed by atoms with E-state index in [1.165, 1.54) is 83.5 Å². The van der Waals surface area contributed by atoms with E-state index in [0.717, 1.165) is 31.7 Å². The Morgan fingerprint density at radius 1 is 1.06 bits per heavy atom. The highest BCUT2D eigenvalue weighted by atomic mass is 32.1. The summed E-state index contributed by atoms with van der Waals surface area (Å²) in [5, 5.41) is 9.81. The summed E-state index contributed by atoms with van der Waals surface area (Å²) >= 11 is 1.50. The van der Waals surface area contributed by atoms with Crippen LogP contribution >= 0.6 is 11.3 Å². The molecular weight excluding hydrogens is 454 g/mol. The van der Waals surface area contributed by atoms with Crippen LogP contribution in [0.3, 0.4) is 0 Å². The quantitative estimate of drug-likeness (QED) is 0.458. The third-order valence-electron chi connectivity index (χ3n) is 8.70. The molecule has 1 aliphatic carbocycles. The summed E-state index contributed by atoms with van der Waals surface area (Å²) in [5.74, 6) is -0.274. The Bertz CT molecular complexity index is 1240. The molecule has 6 rings (SSSR count). The van der Waals surface area contributed by atoms with E-state index in [1.807, 2.05) is 6.07 Å². The minimum atomic E-state index is -0.803. The highest BCUT2D eigenvalue weighted by molar-refractivity contribution is 7.21. The van der Waals surface area contributed by atoms with Gasteiger partial charge in [-0.25, -0.2) is 4.79 Å². The molecule has 35 heavy (non-hydrogen) atoms. The molecule has 1 atom stereocenters. The Labute approximate surface area is 212 Å². The predicted octanol–water partition coefficient (Wildman–Crippen LogP) is 6.41. The van der Waals surface area contributed by atoms with Gasteiger partial charge in [-0.3, -0.25) is 9.80 Å². The molecule has 2 aromatic heterocycles. The van der Waals surface area contributed by atoms with Crippen LogP contribution in [0.1, 0.15) is 79.1 Å². The van der Waals surface area contributed by atoms with Crippen molar-refractivity contribution in [2.45, 2.75) is 83.5 Å². The van der Waals surface area contributed by atoms with Crippen LogP contribution in [0.25, 0.3) is 21.5 Å². The number of benzene rings is 1. The van der Waals surface area contributed by atoms with Gasteiger partial charge >= 0.3 is 5.97 Å². The molecule has 2 aliphatic heterocycles. The standard InChI is InChI=1S/C29H37N3O2S/c1-19(2)30-13-12-22(18-30)31-14-15-32-24-16-25(29(33)34)35-28(24)26(20-8-4-3-5-9-20)27(32)23-11-7-6-10-21(23)17-31/h6-7,10-11,16,19-20,22H,3-5,8-9,12-15,17-18H2,1-2H3,(H,33,34). The molecule has 1 N–H and O–H groups in total. The Kier molecular flexibility index (Phi) is 6.23. The molecule has 0 spiro atoms. The molecule has 5 nitrogen and oxygen atoms in total. The van der Waals surface area contributed by atoms with Crippen LogP contribution in [0.4, 0.5) is 0 Å². The van der Waals surface area contributed by atoms with E-state index >= 15 is 0 Å². The zero-order valence-corrected chi connectivity index (χ0v) is 21.8. The first kappa shape index (κ1) is 23.3. The molecule has 186 valence electrons. The summed E-state index contributed by atoms with van der Waals surface area (Å²) < 4.78 is 3.71. The molecule has 0 amide bonds. The molecule has 0 bridgehead atoms. The Balaban J connectivity index is 1.48. The number of aromatic carboxylic acids is 1. The first-order chi connectivity index (χ1) is 17.0. The highest BCUT2D eigenvalue weighted by Crippen LogP contribution is 2.48. The van der Waals surface area contributed by atoms with Crippen molar-refractivity contribution in [3.8, 4) is 11.3 Å². The maximum Gasteiger partial charge on any atom is 0.345 e. The second-order valence-corrected chi connectivity index (χ2v) is 12.1. The number of aromatic nitrogens is 1. The van der Waals surface area contributed by atoms with Gasteiger partial charge in [-0.1, -0.05) is 43.5 Å². The first-order valence-electron chi connectivity index (χ1n) is 13.5.